The predicted octanol–water partition coefficient (Wildman–Crippen LogP) is 1.20. The van der Waals surface area contributed by atoms with Crippen LogP contribution in [0.5, 0.6) is 0 Å². The Labute approximate surface area is 112 Å². The van der Waals surface area contributed by atoms with E-state index < -0.39 is 12.0 Å². The first-order chi connectivity index (χ1) is 8.99. The van der Waals surface area contributed by atoms with Gasteiger partial charge in [-0.1, -0.05) is 32.0 Å². The maximum absolute atomic E-state index is 11.6. The molecule has 1 saturated heterocycles. The number of piperazine rings is 1. The van der Waals surface area contributed by atoms with Crippen molar-refractivity contribution in [3.8, 4) is 0 Å². The van der Waals surface area contributed by atoms with Gasteiger partial charge < -0.3 is 15.3 Å². The van der Waals surface area contributed by atoms with Crippen LogP contribution in [0.25, 0.3) is 0 Å². The number of hydrogen-bond acceptors (Lipinski definition) is 3. The lowest BCUT2D eigenvalue weighted by Gasteiger charge is -2.34. The standard InChI is InChI=1S/C14H18N2O3/c1-9(2)10-5-3-4-6-12(10)16-7-11(14(18)19)15-13(17)8-16/h3-6,9,11H,7-8H2,1-2H3,(H,15,17)(H,18,19). The minimum Gasteiger partial charge on any atom is -0.480 e. The number of carboxylic acids is 1. The number of hydrogen-bond donors (Lipinski definition) is 2. The zero-order chi connectivity index (χ0) is 14.0. The number of benzene rings is 1. The van der Waals surface area contributed by atoms with Crippen molar-refractivity contribution < 1.29 is 14.7 Å². The summed E-state index contributed by atoms with van der Waals surface area (Å²) in [7, 11) is 0. The maximum atomic E-state index is 11.6. The second-order valence-electron chi connectivity index (χ2n) is 5.05. The summed E-state index contributed by atoms with van der Waals surface area (Å²) in [6, 6.07) is 6.97. The van der Waals surface area contributed by atoms with Crippen molar-refractivity contribution in [2.45, 2.75) is 25.8 Å². The molecule has 1 aromatic rings. The van der Waals surface area contributed by atoms with Crippen molar-refractivity contribution in [1.29, 1.82) is 0 Å². The SMILES string of the molecule is CC(C)c1ccccc1N1CC(=O)NC(C(=O)O)C1. The lowest BCUT2D eigenvalue weighted by molar-refractivity contribution is -0.142. The molecule has 0 bridgehead atoms. The average molecular weight is 262 g/mol. The van der Waals surface area contributed by atoms with Crippen LogP contribution in [0.4, 0.5) is 5.69 Å². The molecule has 0 spiro atoms. The van der Waals surface area contributed by atoms with Crippen LogP contribution in [0, 0.1) is 0 Å². The van der Waals surface area contributed by atoms with E-state index >= 15 is 0 Å². The van der Waals surface area contributed by atoms with Crippen LogP contribution in [0.1, 0.15) is 25.3 Å². The van der Waals surface area contributed by atoms with Crippen LogP contribution in [0.3, 0.4) is 0 Å². The van der Waals surface area contributed by atoms with Crippen molar-refractivity contribution in [2.75, 3.05) is 18.0 Å². The fourth-order valence-electron chi connectivity index (χ4n) is 2.33. The third-order valence-corrected chi connectivity index (χ3v) is 3.27. The molecule has 1 aromatic carbocycles. The van der Waals surface area contributed by atoms with E-state index in [1.165, 1.54) is 0 Å². The Morgan fingerprint density at radius 3 is 2.74 bits per heavy atom. The number of carbonyl (C=O) groups excluding carboxylic acids is 1. The molecular formula is C14H18N2O3. The third-order valence-electron chi connectivity index (χ3n) is 3.27. The molecule has 1 amide bonds. The van der Waals surface area contributed by atoms with Crippen molar-refractivity contribution in [1.82, 2.24) is 5.32 Å². The molecule has 1 heterocycles. The highest BCUT2D eigenvalue weighted by Crippen LogP contribution is 2.28. The van der Waals surface area contributed by atoms with E-state index in [0.717, 1.165) is 11.3 Å². The summed E-state index contributed by atoms with van der Waals surface area (Å²) in [5.41, 5.74) is 2.07. The van der Waals surface area contributed by atoms with E-state index in [-0.39, 0.29) is 12.5 Å². The maximum Gasteiger partial charge on any atom is 0.328 e. The molecule has 0 aromatic heterocycles. The smallest absolute Gasteiger partial charge is 0.328 e. The third kappa shape index (κ3) is 2.86. The molecule has 0 radical (unpaired) electrons. The first kappa shape index (κ1) is 13.4. The van der Waals surface area contributed by atoms with Gasteiger partial charge in [-0.15, -0.1) is 0 Å². The molecule has 0 saturated carbocycles. The number of anilines is 1. The first-order valence-electron chi connectivity index (χ1n) is 6.35. The molecule has 1 aliphatic heterocycles. The number of rotatable bonds is 3. The minimum atomic E-state index is -1.000. The lowest BCUT2D eigenvalue weighted by Crippen LogP contribution is -2.57. The van der Waals surface area contributed by atoms with Crippen LogP contribution in [0.2, 0.25) is 0 Å². The average Bonchev–Trinajstić information content (AvgIpc) is 2.37. The Kier molecular flexibility index (Phi) is 3.74. The summed E-state index contributed by atoms with van der Waals surface area (Å²) in [6.45, 7) is 4.66. The van der Waals surface area contributed by atoms with Gasteiger partial charge in [-0.25, -0.2) is 4.79 Å². The van der Waals surface area contributed by atoms with Gasteiger partial charge in [-0.3, -0.25) is 4.79 Å². The van der Waals surface area contributed by atoms with E-state index in [1.807, 2.05) is 29.2 Å². The fraction of sp³-hybridized carbons (Fsp3) is 0.429. The number of aliphatic carboxylic acids is 1. The van der Waals surface area contributed by atoms with Crippen molar-refractivity contribution in [3.05, 3.63) is 29.8 Å². The molecule has 102 valence electrons. The molecule has 0 aliphatic carbocycles. The lowest BCUT2D eigenvalue weighted by atomic mass is 9.99. The number of carbonyl (C=O) groups is 2. The van der Waals surface area contributed by atoms with Gasteiger partial charge in [0.15, 0.2) is 0 Å². The van der Waals surface area contributed by atoms with E-state index in [4.69, 9.17) is 5.11 Å². The number of nitrogens with one attached hydrogen (secondary N) is 1. The largest absolute Gasteiger partial charge is 0.480 e. The van der Waals surface area contributed by atoms with Crippen LogP contribution < -0.4 is 10.2 Å². The molecule has 19 heavy (non-hydrogen) atoms. The Balaban J connectivity index is 2.30. The number of nitrogens with zero attached hydrogens (tertiary/aromatic N) is 1. The highest BCUT2D eigenvalue weighted by molar-refractivity contribution is 5.89. The Morgan fingerprint density at radius 2 is 2.11 bits per heavy atom. The van der Waals surface area contributed by atoms with E-state index in [9.17, 15) is 9.59 Å². The molecule has 1 unspecified atom stereocenters. The topological polar surface area (TPSA) is 69.6 Å². The number of para-hydroxylation sites is 1. The van der Waals surface area contributed by atoms with Gasteiger partial charge in [0, 0.05) is 12.2 Å². The van der Waals surface area contributed by atoms with Crippen molar-refractivity contribution >= 4 is 17.6 Å². The van der Waals surface area contributed by atoms with E-state index in [1.54, 1.807) is 0 Å². The molecule has 1 aliphatic rings. The Bertz CT molecular complexity index is 499. The molecule has 2 N–H and O–H groups in total. The van der Waals surface area contributed by atoms with Gasteiger partial charge in [0.05, 0.1) is 6.54 Å². The predicted molar refractivity (Wildman–Crippen MR) is 72.3 cm³/mol. The number of carboxylic acid groups (broad SMARTS) is 1. The van der Waals surface area contributed by atoms with Crippen LogP contribution >= 0.6 is 0 Å². The summed E-state index contributed by atoms with van der Waals surface area (Å²) >= 11 is 0. The molecule has 2 rings (SSSR count). The molecule has 5 nitrogen and oxygen atoms in total. The Hall–Kier alpha value is -2.04. The molecular weight excluding hydrogens is 244 g/mol. The van der Waals surface area contributed by atoms with E-state index in [0.29, 0.717) is 12.5 Å². The van der Waals surface area contributed by atoms with Crippen LogP contribution in [-0.4, -0.2) is 36.1 Å². The van der Waals surface area contributed by atoms with Crippen LogP contribution in [-0.2, 0) is 9.59 Å². The van der Waals surface area contributed by atoms with Gasteiger partial charge in [0.25, 0.3) is 0 Å². The summed E-state index contributed by atoms with van der Waals surface area (Å²) in [4.78, 5) is 24.5. The quantitative estimate of drug-likeness (QED) is 0.858. The monoisotopic (exact) mass is 262 g/mol. The summed E-state index contributed by atoms with van der Waals surface area (Å²) in [6.07, 6.45) is 0. The highest BCUT2D eigenvalue weighted by atomic mass is 16.4. The second kappa shape index (κ2) is 5.30. The summed E-state index contributed by atoms with van der Waals surface area (Å²) in [5, 5.41) is 11.5. The van der Waals surface area contributed by atoms with E-state index in [2.05, 4.69) is 19.2 Å². The highest BCUT2D eigenvalue weighted by Gasteiger charge is 2.30. The molecule has 1 atom stereocenters. The van der Waals surface area contributed by atoms with Crippen molar-refractivity contribution in [2.24, 2.45) is 0 Å². The zero-order valence-corrected chi connectivity index (χ0v) is 11.1. The van der Waals surface area contributed by atoms with Gasteiger partial charge in [0.2, 0.25) is 5.91 Å². The Morgan fingerprint density at radius 1 is 1.42 bits per heavy atom. The summed E-state index contributed by atoms with van der Waals surface area (Å²) < 4.78 is 0. The second-order valence-corrected chi connectivity index (χ2v) is 5.05. The van der Waals surface area contributed by atoms with Gasteiger partial charge >= 0.3 is 5.97 Å². The number of amides is 1. The van der Waals surface area contributed by atoms with Gasteiger partial charge in [-0.2, -0.15) is 0 Å². The first-order valence-corrected chi connectivity index (χ1v) is 6.35. The van der Waals surface area contributed by atoms with Crippen LogP contribution in [0.15, 0.2) is 24.3 Å². The van der Waals surface area contributed by atoms with Gasteiger partial charge in [0.1, 0.15) is 6.04 Å². The molecule has 1 fully saturated rings. The fourth-order valence-corrected chi connectivity index (χ4v) is 2.33. The minimum absolute atomic E-state index is 0.202. The zero-order valence-electron chi connectivity index (χ0n) is 11.1. The summed E-state index contributed by atoms with van der Waals surface area (Å²) in [5.74, 6) is -0.929. The van der Waals surface area contributed by atoms with Gasteiger partial charge in [-0.05, 0) is 17.5 Å². The normalized spacial score (nSPS) is 19.4. The molecule has 5 heteroatoms. The van der Waals surface area contributed by atoms with Crippen molar-refractivity contribution in [3.63, 3.8) is 0 Å².